The van der Waals surface area contributed by atoms with E-state index in [2.05, 4.69) is 9.47 Å². The first kappa shape index (κ1) is 24.2. The number of likely N-dealkylation sites (tertiary alicyclic amines) is 1. The first-order chi connectivity index (χ1) is 14.9. The van der Waals surface area contributed by atoms with E-state index in [0.717, 1.165) is 11.1 Å². The van der Waals surface area contributed by atoms with Crippen molar-refractivity contribution in [3.63, 3.8) is 0 Å². The van der Waals surface area contributed by atoms with Gasteiger partial charge >= 0.3 is 17.5 Å². The molecule has 0 radical (unpaired) electrons. The molecule has 2 aromatic carbocycles. The molecule has 1 fully saturated rings. The van der Waals surface area contributed by atoms with Crippen LogP contribution in [0.1, 0.15) is 17.5 Å². The minimum atomic E-state index is -0.779. The molecular weight excluding hydrogens is 426 g/mol. The highest BCUT2D eigenvalue weighted by atomic mass is 35.5. The number of rotatable bonds is 5. The maximum absolute atomic E-state index is 12.0. The highest BCUT2D eigenvalue weighted by molar-refractivity contribution is 6.61. The van der Waals surface area contributed by atoms with E-state index in [1.807, 2.05) is 60.7 Å². The van der Waals surface area contributed by atoms with E-state index in [9.17, 15) is 19.5 Å². The van der Waals surface area contributed by atoms with Crippen molar-refractivity contribution in [1.29, 1.82) is 0 Å². The van der Waals surface area contributed by atoms with Crippen molar-refractivity contribution in [2.75, 3.05) is 13.7 Å². The van der Waals surface area contributed by atoms with Crippen LogP contribution in [0.5, 0.6) is 0 Å². The zero-order valence-electron chi connectivity index (χ0n) is 17.0. The maximum atomic E-state index is 12.0. The van der Waals surface area contributed by atoms with E-state index in [1.54, 1.807) is 0 Å². The quantitative estimate of drug-likeness (QED) is 0.423. The van der Waals surface area contributed by atoms with Crippen molar-refractivity contribution in [2.45, 2.75) is 31.8 Å². The van der Waals surface area contributed by atoms with Gasteiger partial charge in [-0.15, -0.1) is 0 Å². The van der Waals surface area contributed by atoms with E-state index in [4.69, 9.17) is 16.3 Å². The second kappa shape index (κ2) is 12.6. The average molecular weight is 450 g/mol. The summed E-state index contributed by atoms with van der Waals surface area (Å²) in [6.07, 6.45) is -1.18. The number of carbonyl (C=O) groups excluding carboxylic acids is 3. The summed E-state index contributed by atoms with van der Waals surface area (Å²) in [4.78, 5) is 34.9. The lowest BCUT2D eigenvalue weighted by Gasteiger charge is -2.21. The highest BCUT2D eigenvalue weighted by Crippen LogP contribution is 2.20. The summed E-state index contributed by atoms with van der Waals surface area (Å²) in [5, 5.41) is 9.59. The van der Waals surface area contributed by atoms with Crippen molar-refractivity contribution in [2.24, 2.45) is 0 Å². The van der Waals surface area contributed by atoms with Gasteiger partial charge in [0.1, 0.15) is 19.3 Å². The molecule has 1 aliphatic rings. The Hall–Kier alpha value is -3.10. The number of hydrogen-bond donors (Lipinski definition) is 1. The third-order valence-corrected chi connectivity index (χ3v) is 4.50. The van der Waals surface area contributed by atoms with Crippen LogP contribution in [0.3, 0.4) is 0 Å². The molecule has 0 bridgehead atoms. The lowest BCUT2D eigenvalue weighted by Crippen LogP contribution is -2.41. The van der Waals surface area contributed by atoms with Crippen LogP contribution in [0.4, 0.5) is 9.59 Å². The molecule has 1 N–H and O–H groups in total. The molecule has 166 valence electrons. The van der Waals surface area contributed by atoms with E-state index in [-0.39, 0.29) is 26.2 Å². The number of benzene rings is 2. The third-order valence-electron chi connectivity index (χ3n) is 4.39. The Morgan fingerprint density at radius 1 is 0.968 bits per heavy atom. The molecule has 8 nitrogen and oxygen atoms in total. The molecule has 2 aromatic rings. The Bertz CT molecular complexity index is 847. The summed E-state index contributed by atoms with van der Waals surface area (Å²) >= 11 is 4.97. The predicted molar refractivity (Wildman–Crippen MR) is 112 cm³/mol. The Labute approximate surface area is 185 Å². The summed E-state index contributed by atoms with van der Waals surface area (Å²) in [6, 6.07) is 17.8. The maximum Gasteiger partial charge on any atom is 0.410 e. The average Bonchev–Trinajstić information content (AvgIpc) is 3.19. The van der Waals surface area contributed by atoms with Gasteiger partial charge in [0.25, 0.3) is 0 Å². The summed E-state index contributed by atoms with van der Waals surface area (Å²) in [6.45, 7) is 0.441. The number of aliphatic hydroxyl groups is 1. The Balaban J connectivity index is 0.000000262. The zero-order chi connectivity index (χ0) is 22.6. The van der Waals surface area contributed by atoms with Gasteiger partial charge in [0.15, 0.2) is 0 Å². The van der Waals surface area contributed by atoms with Gasteiger partial charge in [0.2, 0.25) is 0 Å². The molecule has 9 heteroatoms. The number of β-amino-alcohol motifs (C(OH)–C–C–N with tert-alkyl or cyclic N) is 1. The molecule has 0 spiro atoms. The molecule has 2 atom stereocenters. The van der Waals surface area contributed by atoms with Gasteiger partial charge in [0, 0.05) is 18.0 Å². The standard InChI is InChI=1S/C14H17NO5.C8H7ClO2/c1-19-13(17)12-7-11(16)8-15(12)14(18)20-9-10-5-3-2-4-6-10;9-8(10)11-6-7-4-2-1-3-5-7/h2-6,11-12,16H,7-9H2,1H3;1-5H,6H2/t11-,12+;/m1./s1. The normalized spacial score (nSPS) is 17.2. The van der Waals surface area contributed by atoms with E-state index in [0.29, 0.717) is 0 Å². The van der Waals surface area contributed by atoms with Crippen LogP contribution in [0.25, 0.3) is 0 Å². The molecule has 1 aliphatic heterocycles. The Kier molecular flexibility index (Phi) is 9.80. The van der Waals surface area contributed by atoms with Crippen LogP contribution in [0.15, 0.2) is 60.7 Å². The van der Waals surface area contributed by atoms with Gasteiger partial charge < -0.3 is 19.3 Å². The molecule has 0 unspecified atom stereocenters. The first-order valence-corrected chi connectivity index (χ1v) is 9.88. The zero-order valence-corrected chi connectivity index (χ0v) is 17.7. The molecule has 1 heterocycles. The molecule has 1 saturated heterocycles. The molecule has 0 aromatic heterocycles. The minimum Gasteiger partial charge on any atom is -0.467 e. The van der Waals surface area contributed by atoms with Gasteiger partial charge in [-0.2, -0.15) is 0 Å². The van der Waals surface area contributed by atoms with Crippen molar-refractivity contribution >= 4 is 29.1 Å². The number of nitrogens with zero attached hydrogens (tertiary/aromatic N) is 1. The van der Waals surface area contributed by atoms with E-state index >= 15 is 0 Å². The molecule has 0 aliphatic carbocycles. The van der Waals surface area contributed by atoms with Gasteiger partial charge in [-0.05, 0) is 11.1 Å². The monoisotopic (exact) mass is 449 g/mol. The van der Waals surface area contributed by atoms with Gasteiger partial charge in [-0.25, -0.2) is 14.4 Å². The number of esters is 1. The van der Waals surface area contributed by atoms with Crippen LogP contribution in [0, 0.1) is 0 Å². The minimum absolute atomic E-state index is 0.0768. The summed E-state index contributed by atoms with van der Waals surface area (Å²) in [5.41, 5.74) is 1.02. The van der Waals surface area contributed by atoms with Crippen LogP contribution in [0.2, 0.25) is 0 Å². The van der Waals surface area contributed by atoms with Crippen molar-refractivity contribution in [3.8, 4) is 0 Å². The van der Waals surface area contributed by atoms with Crippen molar-refractivity contribution < 1.29 is 33.7 Å². The first-order valence-electron chi connectivity index (χ1n) is 9.50. The molecule has 1 amide bonds. The van der Waals surface area contributed by atoms with Gasteiger partial charge in [-0.1, -0.05) is 60.7 Å². The summed E-state index contributed by atoms with van der Waals surface area (Å²) < 4.78 is 14.3. The van der Waals surface area contributed by atoms with Crippen LogP contribution in [-0.2, 0) is 32.2 Å². The number of ether oxygens (including phenoxy) is 3. The van der Waals surface area contributed by atoms with Crippen molar-refractivity contribution in [1.82, 2.24) is 4.90 Å². The van der Waals surface area contributed by atoms with E-state index < -0.39 is 29.6 Å². The topological polar surface area (TPSA) is 102 Å². The lowest BCUT2D eigenvalue weighted by atomic mass is 10.2. The fourth-order valence-electron chi connectivity index (χ4n) is 2.89. The molecule has 0 saturated carbocycles. The van der Waals surface area contributed by atoms with Gasteiger partial charge in [0.05, 0.1) is 19.8 Å². The second-order valence-corrected chi connectivity index (χ2v) is 6.94. The highest BCUT2D eigenvalue weighted by Gasteiger charge is 2.40. The fourth-order valence-corrected chi connectivity index (χ4v) is 2.95. The lowest BCUT2D eigenvalue weighted by molar-refractivity contribution is -0.145. The third kappa shape index (κ3) is 8.27. The summed E-state index contributed by atoms with van der Waals surface area (Å²) in [5.74, 6) is -0.543. The number of aliphatic hydroxyl groups excluding tert-OH is 1. The Morgan fingerprint density at radius 2 is 1.48 bits per heavy atom. The number of carbonyl (C=O) groups is 3. The van der Waals surface area contributed by atoms with Crippen molar-refractivity contribution in [3.05, 3.63) is 71.8 Å². The fraction of sp³-hybridized carbons (Fsp3) is 0.318. The van der Waals surface area contributed by atoms with E-state index in [1.165, 1.54) is 12.0 Å². The van der Waals surface area contributed by atoms with Gasteiger partial charge in [-0.3, -0.25) is 4.90 Å². The van der Waals surface area contributed by atoms with Crippen LogP contribution < -0.4 is 0 Å². The van der Waals surface area contributed by atoms with Crippen LogP contribution >= 0.6 is 11.6 Å². The SMILES string of the molecule is COC(=O)[C@@H]1C[C@@H](O)CN1C(=O)OCc1ccccc1.O=C(Cl)OCc1ccccc1. The second-order valence-electron chi connectivity index (χ2n) is 6.63. The molecule has 31 heavy (non-hydrogen) atoms. The number of halogens is 1. The number of methoxy groups -OCH3 is 1. The smallest absolute Gasteiger partial charge is 0.410 e. The molecule has 3 rings (SSSR count). The van der Waals surface area contributed by atoms with Crippen LogP contribution in [-0.4, -0.2) is 53.3 Å². The number of hydrogen-bond acceptors (Lipinski definition) is 7. The molecular formula is C22H24ClNO7. The Morgan fingerprint density at radius 3 is 1.97 bits per heavy atom. The summed E-state index contributed by atoms with van der Waals surface area (Å²) in [7, 11) is 1.25. The number of amides is 1. The largest absolute Gasteiger partial charge is 0.467 e. The predicted octanol–water partition coefficient (Wildman–Crippen LogP) is 3.49.